The summed E-state index contributed by atoms with van der Waals surface area (Å²) in [5.41, 5.74) is 11.2. The fraction of sp³-hybridized carbons (Fsp3) is 0.576. The van der Waals surface area contributed by atoms with Crippen LogP contribution in [0.1, 0.15) is 169 Å². The van der Waals surface area contributed by atoms with E-state index in [0.717, 1.165) is 22.3 Å². The topological polar surface area (TPSA) is 436 Å². The maximum Gasteiger partial charge on any atom is 0.407 e. The maximum absolute atomic E-state index is 14.8. The molecule has 732 valence electrons. The quantitative estimate of drug-likeness (QED) is 0.0167. The van der Waals surface area contributed by atoms with Crippen molar-refractivity contribution in [2.75, 3.05) is 141 Å². The summed E-state index contributed by atoms with van der Waals surface area (Å²) >= 11 is 0. The molecule has 5 aromatic rings. The van der Waals surface area contributed by atoms with E-state index >= 15 is 0 Å². The zero-order valence-corrected chi connectivity index (χ0v) is 80.3. The molecule has 6 N–H and O–H groups in total. The highest BCUT2D eigenvalue weighted by Crippen LogP contribution is 2.40. The summed E-state index contributed by atoms with van der Waals surface area (Å²) in [6.07, 6.45) is 16.9. The van der Waals surface area contributed by atoms with Crippen LogP contribution in [0.3, 0.4) is 0 Å². The first-order valence-electron chi connectivity index (χ1n) is 47.2. The Morgan fingerprint density at radius 1 is 0.711 bits per heavy atom. The Bertz CT molecular complexity index is 5180. The molecule has 2 aromatic carbocycles. The van der Waals surface area contributed by atoms with Crippen LogP contribution in [0.2, 0.25) is 0 Å². The molecule has 7 aliphatic rings. The lowest BCUT2D eigenvalue weighted by atomic mass is 9.78. The minimum atomic E-state index is -3.86. The fourth-order valence-corrected chi connectivity index (χ4v) is 20.1. The molecule has 0 spiro atoms. The molecule has 0 radical (unpaired) electrons. The first kappa shape index (κ1) is 103. The van der Waals surface area contributed by atoms with Gasteiger partial charge in [-0.3, -0.25) is 38.5 Å². The van der Waals surface area contributed by atoms with Crippen molar-refractivity contribution in [3.05, 3.63) is 155 Å². The van der Waals surface area contributed by atoms with Crippen molar-refractivity contribution in [1.82, 2.24) is 55.2 Å². The number of nitrogens with zero attached hydrogens (tertiary/aromatic N) is 11. The number of amides is 5. The van der Waals surface area contributed by atoms with Gasteiger partial charge < -0.3 is 89.0 Å². The molecule has 9 heterocycles. The van der Waals surface area contributed by atoms with Gasteiger partial charge in [-0.15, -0.1) is 0 Å². The van der Waals surface area contributed by atoms with E-state index in [9.17, 15) is 61.8 Å². The molecule has 35 nitrogen and oxygen atoms in total. The van der Waals surface area contributed by atoms with Crippen LogP contribution >= 0.6 is 0 Å². The van der Waals surface area contributed by atoms with E-state index in [1.165, 1.54) is 42.6 Å². The van der Waals surface area contributed by atoms with Gasteiger partial charge in [0.15, 0.2) is 15.6 Å². The number of carbonyl (C=O) groups excluding carboxylic acids is 9. The van der Waals surface area contributed by atoms with Gasteiger partial charge in [0.1, 0.15) is 54.4 Å². The number of sulfone groups is 1. The molecule has 1 saturated carbocycles. The highest BCUT2D eigenvalue weighted by Gasteiger charge is 2.53. The number of nitrogens with one attached hydrogen (secondary N) is 2. The second-order valence-corrected chi connectivity index (χ2v) is 39.1. The predicted molar refractivity (Wildman–Crippen MR) is 503 cm³/mol. The summed E-state index contributed by atoms with van der Waals surface area (Å²) < 4.78 is 75.2. The number of aliphatic hydroxyl groups excluding tert-OH is 1. The van der Waals surface area contributed by atoms with Crippen LogP contribution in [0.5, 0.6) is 5.75 Å². The number of nitrogens with two attached hydrogens (primary N) is 1. The lowest BCUT2D eigenvalue weighted by molar-refractivity contribution is -0.265. The molecule has 0 unspecified atom stereocenters. The Kier molecular flexibility index (Phi) is 36.9. The number of allylic oxidation sites excluding steroid dienone is 6. The largest absolute Gasteiger partial charge is 0.491 e. The predicted octanol–water partition coefficient (Wildman–Crippen LogP) is 8.76. The first-order chi connectivity index (χ1) is 64.7. The summed E-state index contributed by atoms with van der Waals surface area (Å²) in [5.74, 6) is -7.98. The number of pyridine rings is 1. The summed E-state index contributed by atoms with van der Waals surface area (Å²) in [6, 6.07) is 12.6. The monoisotopic (exact) mass is 1890 g/mol. The van der Waals surface area contributed by atoms with Gasteiger partial charge in [0, 0.05) is 190 Å². The molecular weight excluding hydrogens is 1750 g/mol. The van der Waals surface area contributed by atoms with E-state index in [-0.39, 0.29) is 117 Å². The summed E-state index contributed by atoms with van der Waals surface area (Å²) in [7, 11) is 0.610. The molecule has 4 saturated heterocycles. The number of ketones is 3. The number of aryl methyl sites for hydroxylation is 1. The maximum atomic E-state index is 14.8. The number of Topliss-reactive ketones (excluding diaryl/α,β-unsaturated/α-hetero) is 3. The molecule has 12 rings (SSSR count). The smallest absolute Gasteiger partial charge is 0.407 e. The average Bonchev–Trinajstić information content (AvgIpc) is 1.09. The van der Waals surface area contributed by atoms with Gasteiger partial charge in [0.2, 0.25) is 23.6 Å². The van der Waals surface area contributed by atoms with Crippen LogP contribution in [-0.2, 0) is 84.9 Å². The van der Waals surface area contributed by atoms with Crippen molar-refractivity contribution in [2.45, 2.75) is 211 Å². The Hall–Kier alpha value is -10.8. The fourth-order valence-electron chi connectivity index (χ4n) is 18.8. The van der Waals surface area contributed by atoms with Gasteiger partial charge in [-0.25, -0.2) is 42.9 Å². The highest BCUT2D eigenvalue weighted by molar-refractivity contribution is 7.91. The summed E-state index contributed by atoms with van der Waals surface area (Å²) in [5, 5.41) is 29.4. The average molecular weight is 1890 g/mol. The van der Waals surface area contributed by atoms with Gasteiger partial charge in [0.05, 0.1) is 60.7 Å². The van der Waals surface area contributed by atoms with E-state index in [2.05, 4.69) is 40.5 Å². The van der Waals surface area contributed by atoms with Crippen molar-refractivity contribution in [3.8, 4) is 16.9 Å². The number of methoxy groups -OCH3 is 3. The minimum Gasteiger partial charge on any atom is -0.491 e. The third kappa shape index (κ3) is 27.3. The number of fused-ring (bicyclic) bond motifs is 4. The molecule has 15 atom stereocenters. The molecule has 1 aliphatic carbocycles. The molecule has 3 aromatic heterocycles. The molecular formula is C99H134N14O21S. The number of aromatic nitrogens is 5. The number of rotatable bonds is 24. The number of hydrogen-bond donors (Lipinski definition) is 5. The number of ether oxygens (including phenoxy) is 8. The normalized spacial score (nSPS) is 26.9. The Labute approximate surface area is 791 Å². The first-order valence-corrected chi connectivity index (χ1v) is 48.9. The number of cyclic esters (lactones) is 1. The number of carbonyl (C=O) groups is 9. The van der Waals surface area contributed by atoms with Crippen LogP contribution in [0, 0.1) is 42.4 Å². The van der Waals surface area contributed by atoms with Crippen molar-refractivity contribution in [2.24, 2.45) is 35.5 Å². The SMILES string of the molecule is CO[C@H]1C[C@@H]2CC[C@@H](C)[C@@](O)(O2)C(=O)C(=O)N2CCCC[C@H]2C(=O)O[C@H]([C@H](C)C[C@@H]2CC[C@@H](OC(=O)NCc3cnc(N4CCN(C(=O)CCOCCN5CCN(c6ncc(C(=O)NCCS(=O)(=O)c7ccc(C(=O)N8CCOc9ccc(-c%10ccc(N)nc%10)cc9C8)c(C)c7)cn6)CC5)CC4)nc3)[C@H](OC)C2)CC(=O)[C@H](C)/C=C(\C)[C@@H](O)[C@@H](OC)C(=O)[C@H](C)C[C@H](C)/C=C/C=CC=C1C. The number of alkyl carbamates (subject to hydrolysis) is 1. The van der Waals surface area contributed by atoms with Gasteiger partial charge in [-0.05, 0) is 167 Å². The van der Waals surface area contributed by atoms with E-state index in [0.29, 0.717) is 176 Å². The van der Waals surface area contributed by atoms with E-state index in [1.54, 1.807) is 84.5 Å². The van der Waals surface area contributed by atoms with Crippen molar-refractivity contribution < 1.29 is 99.7 Å². The zero-order valence-electron chi connectivity index (χ0n) is 79.5. The number of aliphatic hydroxyl groups is 2. The molecule has 5 amide bonds. The van der Waals surface area contributed by atoms with Crippen molar-refractivity contribution >= 4 is 80.6 Å². The van der Waals surface area contributed by atoms with Crippen LogP contribution in [0.4, 0.5) is 22.5 Å². The highest BCUT2D eigenvalue weighted by atomic mass is 32.2. The van der Waals surface area contributed by atoms with Crippen LogP contribution in [-0.4, -0.2) is 296 Å². The summed E-state index contributed by atoms with van der Waals surface area (Å²) in [4.78, 5) is 160. The number of piperazine rings is 2. The minimum absolute atomic E-state index is 0.0142. The van der Waals surface area contributed by atoms with Gasteiger partial charge in [-0.1, -0.05) is 77.1 Å². The van der Waals surface area contributed by atoms with Crippen LogP contribution in [0.25, 0.3) is 11.1 Å². The third-order valence-electron chi connectivity index (χ3n) is 27.2. The summed E-state index contributed by atoms with van der Waals surface area (Å²) in [6.45, 7) is 21.1. The molecule has 2 bridgehead atoms. The van der Waals surface area contributed by atoms with E-state index in [4.69, 9.17) is 43.6 Å². The zero-order chi connectivity index (χ0) is 96.8. The molecule has 135 heavy (non-hydrogen) atoms. The van der Waals surface area contributed by atoms with Crippen LogP contribution in [0.15, 0.2) is 132 Å². The molecule has 6 aliphatic heterocycles. The van der Waals surface area contributed by atoms with E-state index < -0.39 is 118 Å². The molecule has 36 heteroatoms. The standard InChI is InChI=1S/C99H134N14O21S/c1-62-17-13-12-14-18-63(2)83(127-9)53-76-24-20-69(8)99(124,134-76)91(118)94(121)113-32-16-15-19-79(113)95(122)132-84(54-80(114)65(4)48-68(7)89(117)90(129-11)88(116)67(6)47-62)66(5)49-70-21-27-82(85(51-70)128-10)133-98(123)107-57-71-55-103-96(104-56-71)111-39-37-109(38-40-111)87(115)30-43-130-44-41-108-33-35-110(36-34-108)97-105-59-75(60-106-97)92(119)101-31-46-135(125,126)77-25-26-78(64(3)50-77)93(120)112-42-45-131-81-28-22-72(52-74(81)61-112)73-23-29-86(100)102-58-73/h12-14,17-18,22-23,25-26,28-29,48,50,52,55-56,58-60,62,65-67,69-70,76,79,82-85,89-90,117,124H,15-16,19-21,24,27,30-47,49,51,53-54,57,61H2,1-11H3,(H2,100,102)(H,101,119)(H,107,123)/b14-12?,17-13+,63-18?,68-48+/t62-,65-,66-,67-,69-,70+,76+,79+,82-,83+,84+,85-,89-,90+,99-/m1/s1. The number of nitrogen functional groups attached to an aromatic ring is 1. The lowest BCUT2D eigenvalue weighted by Crippen LogP contribution is -2.61. The second-order valence-electron chi connectivity index (χ2n) is 37.0. The lowest BCUT2D eigenvalue weighted by Gasteiger charge is -2.42. The number of esters is 1. The van der Waals surface area contributed by atoms with Gasteiger partial charge in [0.25, 0.3) is 23.5 Å². The van der Waals surface area contributed by atoms with Crippen molar-refractivity contribution in [3.63, 3.8) is 0 Å². The third-order valence-corrected chi connectivity index (χ3v) is 28.9. The number of piperidine rings is 1. The Morgan fingerprint density at radius 3 is 2.13 bits per heavy atom. The number of hydrogen-bond acceptors (Lipinski definition) is 30. The Balaban J connectivity index is 0.548. The molecule has 5 fully saturated rings. The van der Waals surface area contributed by atoms with Crippen LogP contribution < -0.4 is 30.9 Å². The number of benzene rings is 2. The Morgan fingerprint density at radius 2 is 1.43 bits per heavy atom. The van der Waals surface area contributed by atoms with Gasteiger partial charge in [-0.2, -0.15) is 0 Å². The number of anilines is 3. The second kappa shape index (κ2) is 48.3. The van der Waals surface area contributed by atoms with Crippen molar-refractivity contribution in [1.29, 1.82) is 0 Å². The van der Waals surface area contributed by atoms with Gasteiger partial charge >= 0.3 is 12.1 Å². The van der Waals surface area contributed by atoms with E-state index in [1.807, 2.05) is 90.1 Å².